The van der Waals surface area contributed by atoms with E-state index < -0.39 is 0 Å². The smallest absolute Gasteiger partial charge is 0.136 e. The Morgan fingerprint density at radius 2 is 2.27 bits per heavy atom. The Hall–Kier alpha value is -0.590. The maximum Gasteiger partial charge on any atom is 0.136 e. The van der Waals surface area contributed by atoms with Crippen LogP contribution in [0.5, 0.6) is 0 Å². The van der Waals surface area contributed by atoms with Crippen LogP contribution in [0.2, 0.25) is 0 Å². The van der Waals surface area contributed by atoms with Gasteiger partial charge in [-0.15, -0.1) is 0 Å². The topological polar surface area (TPSA) is 17.1 Å². The Bertz CT molecular complexity index is 215. The molecule has 0 aromatic heterocycles. The number of hydrogen-bond acceptors (Lipinski definition) is 1. The summed E-state index contributed by atoms with van der Waals surface area (Å²) in [7, 11) is 0. The van der Waals surface area contributed by atoms with Crippen LogP contribution in [0.25, 0.3) is 0 Å². The highest BCUT2D eigenvalue weighted by molar-refractivity contribution is 5.82. The molecule has 0 spiro atoms. The van der Waals surface area contributed by atoms with Gasteiger partial charge < -0.3 is 0 Å². The number of fused-ring (bicyclic) bond motifs is 2. The average molecular weight is 150 g/mol. The predicted octanol–water partition coefficient (Wildman–Crippen LogP) is 2.32. The Kier molecular flexibility index (Phi) is 1.59. The van der Waals surface area contributed by atoms with Gasteiger partial charge in [0.05, 0.1) is 0 Å². The first-order chi connectivity index (χ1) is 5.27. The Labute approximate surface area is 67.5 Å². The molecule has 2 rings (SSSR count). The minimum Gasteiger partial charge on any atom is -0.299 e. The summed E-state index contributed by atoms with van der Waals surface area (Å²) in [4.78, 5) is 11.3. The summed E-state index contributed by atoms with van der Waals surface area (Å²) >= 11 is 0. The van der Waals surface area contributed by atoms with Crippen molar-refractivity contribution in [2.75, 3.05) is 0 Å². The van der Waals surface area contributed by atoms with Crippen molar-refractivity contribution < 1.29 is 4.79 Å². The van der Waals surface area contributed by atoms with E-state index in [4.69, 9.17) is 0 Å². The van der Waals surface area contributed by atoms with E-state index in [0.717, 1.165) is 31.6 Å². The van der Waals surface area contributed by atoms with Crippen molar-refractivity contribution in [3.63, 3.8) is 0 Å². The van der Waals surface area contributed by atoms with E-state index in [2.05, 4.69) is 13.0 Å². The second-order valence-corrected chi connectivity index (χ2v) is 3.82. The van der Waals surface area contributed by atoms with E-state index >= 15 is 0 Å². The maximum absolute atomic E-state index is 11.3. The lowest BCUT2D eigenvalue weighted by molar-refractivity contribution is -0.125. The van der Waals surface area contributed by atoms with E-state index in [0.29, 0.717) is 11.7 Å². The van der Waals surface area contributed by atoms with Gasteiger partial charge in [0, 0.05) is 12.3 Å². The fourth-order valence-corrected chi connectivity index (χ4v) is 2.25. The van der Waals surface area contributed by atoms with Crippen molar-refractivity contribution in [1.29, 1.82) is 0 Å². The number of carbonyl (C=O) groups excluding carboxylic acids is 1. The molecular weight excluding hydrogens is 136 g/mol. The molecule has 0 N–H and O–H groups in total. The van der Waals surface area contributed by atoms with Crippen molar-refractivity contribution >= 4 is 5.78 Å². The van der Waals surface area contributed by atoms with E-state index in [-0.39, 0.29) is 0 Å². The van der Waals surface area contributed by atoms with Crippen molar-refractivity contribution in [2.45, 2.75) is 32.6 Å². The number of Topliss-reactive ketones (excluding diaryl/α,β-unsaturated/α-hetero) is 1. The van der Waals surface area contributed by atoms with Crippen molar-refractivity contribution in [2.24, 2.45) is 11.8 Å². The molecule has 2 atom stereocenters. The Morgan fingerprint density at radius 1 is 1.45 bits per heavy atom. The molecule has 2 unspecified atom stereocenters. The molecule has 1 nitrogen and oxygen atoms in total. The molecule has 0 aromatic carbocycles. The highest BCUT2D eigenvalue weighted by Crippen LogP contribution is 2.37. The van der Waals surface area contributed by atoms with Gasteiger partial charge in [0.15, 0.2) is 0 Å². The molecule has 2 bridgehead atoms. The molecular formula is C10H14O. The minimum atomic E-state index is 0.387. The Morgan fingerprint density at radius 3 is 3.09 bits per heavy atom. The van der Waals surface area contributed by atoms with Gasteiger partial charge in [0.1, 0.15) is 5.78 Å². The maximum atomic E-state index is 11.3. The molecule has 0 aliphatic heterocycles. The second-order valence-electron chi connectivity index (χ2n) is 3.82. The van der Waals surface area contributed by atoms with Crippen LogP contribution in [-0.4, -0.2) is 5.78 Å². The molecule has 1 saturated carbocycles. The van der Waals surface area contributed by atoms with Crippen LogP contribution < -0.4 is 0 Å². The SMILES string of the molecule is CC1=CCC2CC1CCC2=O. The summed E-state index contributed by atoms with van der Waals surface area (Å²) in [6.07, 6.45) is 6.36. The summed E-state index contributed by atoms with van der Waals surface area (Å²) in [5.74, 6) is 1.63. The standard InChI is InChI=1S/C10H14O/c1-7-2-3-9-6-8(7)4-5-10(9)11/h2,8-9H,3-6H2,1H3. The van der Waals surface area contributed by atoms with Crippen LogP contribution in [0.15, 0.2) is 11.6 Å². The minimum absolute atomic E-state index is 0.387. The third kappa shape index (κ3) is 1.13. The fourth-order valence-electron chi connectivity index (χ4n) is 2.25. The zero-order chi connectivity index (χ0) is 7.84. The quantitative estimate of drug-likeness (QED) is 0.484. The van der Waals surface area contributed by atoms with Gasteiger partial charge in [-0.2, -0.15) is 0 Å². The first kappa shape index (κ1) is 7.08. The number of hydrogen-bond donors (Lipinski definition) is 0. The normalized spacial score (nSPS) is 36.8. The van der Waals surface area contributed by atoms with E-state index in [1.165, 1.54) is 5.57 Å². The van der Waals surface area contributed by atoms with Crippen LogP contribution in [0.1, 0.15) is 32.6 Å². The van der Waals surface area contributed by atoms with Gasteiger partial charge in [0.2, 0.25) is 0 Å². The lowest BCUT2D eigenvalue weighted by Gasteiger charge is -2.32. The van der Waals surface area contributed by atoms with Gasteiger partial charge in [-0.1, -0.05) is 11.6 Å². The first-order valence-electron chi connectivity index (χ1n) is 4.46. The van der Waals surface area contributed by atoms with E-state index in [1.54, 1.807) is 0 Å². The van der Waals surface area contributed by atoms with Crippen LogP contribution in [0.3, 0.4) is 0 Å². The molecule has 11 heavy (non-hydrogen) atoms. The van der Waals surface area contributed by atoms with Crippen LogP contribution in [0.4, 0.5) is 0 Å². The number of ketones is 1. The Balaban J connectivity index is 2.21. The summed E-state index contributed by atoms with van der Waals surface area (Å²) in [6, 6.07) is 0. The molecule has 0 radical (unpaired) electrons. The summed E-state index contributed by atoms with van der Waals surface area (Å²) in [6.45, 7) is 2.21. The molecule has 0 saturated heterocycles. The largest absolute Gasteiger partial charge is 0.299 e. The van der Waals surface area contributed by atoms with E-state index in [9.17, 15) is 4.79 Å². The van der Waals surface area contributed by atoms with Crippen LogP contribution in [-0.2, 0) is 4.79 Å². The zero-order valence-electron chi connectivity index (χ0n) is 6.97. The van der Waals surface area contributed by atoms with Gasteiger partial charge in [-0.25, -0.2) is 0 Å². The predicted molar refractivity (Wildman–Crippen MR) is 44.2 cm³/mol. The summed E-state index contributed by atoms with van der Waals surface area (Å²) < 4.78 is 0. The number of rotatable bonds is 0. The molecule has 0 heterocycles. The van der Waals surface area contributed by atoms with Crippen molar-refractivity contribution in [3.05, 3.63) is 11.6 Å². The highest BCUT2D eigenvalue weighted by Gasteiger charge is 2.31. The molecule has 0 aromatic rings. The lowest BCUT2D eigenvalue weighted by atomic mass is 9.72. The second kappa shape index (κ2) is 2.47. The van der Waals surface area contributed by atoms with Crippen molar-refractivity contribution in [3.8, 4) is 0 Å². The molecule has 1 heteroatoms. The summed E-state index contributed by atoms with van der Waals surface area (Å²) in [5.41, 5.74) is 1.52. The number of carbonyl (C=O) groups is 1. The monoisotopic (exact) mass is 150 g/mol. The molecule has 60 valence electrons. The third-order valence-electron chi connectivity index (χ3n) is 3.13. The first-order valence-corrected chi connectivity index (χ1v) is 4.46. The molecule has 2 aliphatic carbocycles. The van der Waals surface area contributed by atoms with Gasteiger partial charge in [-0.05, 0) is 32.1 Å². The van der Waals surface area contributed by atoms with Crippen molar-refractivity contribution in [1.82, 2.24) is 0 Å². The number of allylic oxidation sites excluding steroid dienone is 2. The fraction of sp³-hybridized carbons (Fsp3) is 0.700. The van der Waals surface area contributed by atoms with E-state index in [1.807, 2.05) is 0 Å². The van der Waals surface area contributed by atoms with Gasteiger partial charge in [0.25, 0.3) is 0 Å². The average Bonchev–Trinajstić information content (AvgIpc) is 2.02. The zero-order valence-corrected chi connectivity index (χ0v) is 6.97. The molecule has 2 aliphatic rings. The van der Waals surface area contributed by atoms with Crippen LogP contribution >= 0.6 is 0 Å². The highest BCUT2D eigenvalue weighted by atomic mass is 16.1. The molecule has 1 fully saturated rings. The molecule has 0 amide bonds. The van der Waals surface area contributed by atoms with Crippen LogP contribution in [0, 0.1) is 11.8 Å². The lowest BCUT2D eigenvalue weighted by Crippen LogP contribution is -2.28. The summed E-state index contributed by atoms with van der Waals surface area (Å²) in [5, 5.41) is 0. The van der Waals surface area contributed by atoms with Gasteiger partial charge >= 0.3 is 0 Å². The third-order valence-corrected chi connectivity index (χ3v) is 3.13. The van der Waals surface area contributed by atoms with Gasteiger partial charge in [-0.3, -0.25) is 4.79 Å².